The van der Waals surface area contributed by atoms with Crippen LogP contribution in [0.25, 0.3) is 0 Å². The van der Waals surface area contributed by atoms with E-state index in [0.717, 1.165) is 38.4 Å². The molecule has 1 aromatic rings. The molecule has 2 nitrogen and oxygen atoms in total. The lowest BCUT2D eigenvalue weighted by atomic mass is 9.86. The van der Waals surface area contributed by atoms with Gasteiger partial charge in [-0.25, -0.2) is 4.39 Å². The van der Waals surface area contributed by atoms with Gasteiger partial charge in [0, 0.05) is 12.6 Å². The monoisotopic (exact) mass is 262 g/mol. The van der Waals surface area contributed by atoms with E-state index in [1.54, 1.807) is 12.1 Å². The van der Waals surface area contributed by atoms with E-state index in [0.29, 0.717) is 12.0 Å². The van der Waals surface area contributed by atoms with Gasteiger partial charge in [0.15, 0.2) is 0 Å². The van der Waals surface area contributed by atoms with Gasteiger partial charge in [-0.1, -0.05) is 13.0 Å². The number of aryl methyl sites for hydroxylation is 1. The summed E-state index contributed by atoms with van der Waals surface area (Å²) in [5, 5.41) is 0. The number of piperidine rings is 1. The van der Waals surface area contributed by atoms with Crippen molar-refractivity contribution in [2.75, 3.05) is 19.6 Å². The summed E-state index contributed by atoms with van der Waals surface area (Å²) in [6.07, 6.45) is 3.37. The number of fused-ring (bicyclic) bond motifs is 1. The molecule has 3 rings (SSSR count). The average Bonchev–Trinajstić information content (AvgIpc) is 2.82. The van der Waals surface area contributed by atoms with Gasteiger partial charge in [0.1, 0.15) is 5.82 Å². The maximum Gasteiger partial charge on any atom is 0.123 e. The molecular formula is C16H23FN2. The Hall–Kier alpha value is -0.930. The number of hydrogen-bond donors (Lipinski definition) is 1. The van der Waals surface area contributed by atoms with E-state index in [4.69, 9.17) is 5.73 Å². The van der Waals surface area contributed by atoms with Gasteiger partial charge >= 0.3 is 0 Å². The second kappa shape index (κ2) is 5.22. The van der Waals surface area contributed by atoms with Gasteiger partial charge < -0.3 is 5.73 Å². The second-order valence-electron chi connectivity index (χ2n) is 6.15. The fraction of sp³-hybridized carbons (Fsp3) is 0.625. The number of rotatable bonds is 2. The minimum Gasteiger partial charge on any atom is -0.330 e. The summed E-state index contributed by atoms with van der Waals surface area (Å²) in [7, 11) is 0. The molecule has 2 N–H and O–H groups in total. The van der Waals surface area contributed by atoms with Gasteiger partial charge in [-0.2, -0.15) is 0 Å². The molecule has 0 radical (unpaired) electrons. The Kier molecular flexibility index (Phi) is 3.59. The summed E-state index contributed by atoms with van der Waals surface area (Å²) in [6, 6.07) is 5.78. The van der Waals surface area contributed by atoms with Gasteiger partial charge in [0.05, 0.1) is 0 Å². The van der Waals surface area contributed by atoms with Gasteiger partial charge in [-0.05, 0) is 67.4 Å². The number of nitrogens with two attached hydrogens (primary N) is 1. The van der Waals surface area contributed by atoms with E-state index in [2.05, 4.69) is 11.8 Å². The molecular weight excluding hydrogens is 239 g/mol. The van der Waals surface area contributed by atoms with Crippen LogP contribution in [0.2, 0.25) is 0 Å². The van der Waals surface area contributed by atoms with Crippen molar-refractivity contribution < 1.29 is 4.39 Å². The zero-order chi connectivity index (χ0) is 13.4. The standard InChI is InChI=1S/C16H23FN2/c1-11-6-7-19(10-13(11)9-18)16-5-2-12-8-14(17)3-4-15(12)16/h3-4,8,11,13,16H,2,5-7,9-10,18H2,1H3. The molecule has 1 saturated heterocycles. The van der Waals surface area contributed by atoms with Crippen molar-refractivity contribution in [3.05, 3.63) is 35.1 Å². The number of benzene rings is 1. The smallest absolute Gasteiger partial charge is 0.123 e. The van der Waals surface area contributed by atoms with Gasteiger partial charge in [-0.15, -0.1) is 0 Å². The molecule has 0 amide bonds. The minimum atomic E-state index is -0.105. The third kappa shape index (κ3) is 2.41. The minimum absolute atomic E-state index is 0.105. The molecule has 0 spiro atoms. The molecule has 1 heterocycles. The van der Waals surface area contributed by atoms with E-state index in [1.807, 2.05) is 6.07 Å². The van der Waals surface area contributed by atoms with Crippen molar-refractivity contribution in [3.63, 3.8) is 0 Å². The van der Waals surface area contributed by atoms with Crippen LogP contribution < -0.4 is 5.73 Å². The summed E-state index contributed by atoms with van der Waals surface area (Å²) in [6.45, 7) is 5.34. The van der Waals surface area contributed by atoms with E-state index < -0.39 is 0 Å². The van der Waals surface area contributed by atoms with Crippen molar-refractivity contribution in [3.8, 4) is 0 Å². The van der Waals surface area contributed by atoms with Crippen molar-refractivity contribution in [2.45, 2.75) is 32.2 Å². The summed E-state index contributed by atoms with van der Waals surface area (Å²) in [5.41, 5.74) is 8.43. The Morgan fingerprint density at radius 3 is 3.00 bits per heavy atom. The molecule has 104 valence electrons. The van der Waals surface area contributed by atoms with Crippen LogP contribution in [0.5, 0.6) is 0 Å². The van der Waals surface area contributed by atoms with Crippen LogP contribution in [-0.2, 0) is 6.42 Å². The molecule has 3 heteroatoms. The third-order valence-corrected chi connectivity index (χ3v) is 5.04. The number of halogens is 1. The SMILES string of the molecule is CC1CCN(C2CCc3cc(F)ccc32)CC1CN. The fourth-order valence-electron chi connectivity index (χ4n) is 3.71. The maximum absolute atomic E-state index is 13.3. The van der Waals surface area contributed by atoms with Crippen LogP contribution in [0, 0.1) is 17.7 Å². The van der Waals surface area contributed by atoms with Crippen molar-refractivity contribution >= 4 is 0 Å². The maximum atomic E-state index is 13.3. The molecule has 0 saturated carbocycles. The first-order valence-electron chi connectivity index (χ1n) is 7.41. The largest absolute Gasteiger partial charge is 0.330 e. The molecule has 1 aromatic carbocycles. The zero-order valence-corrected chi connectivity index (χ0v) is 11.6. The van der Waals surface area contributed by atoms with Crippen LogP contribution in [-0.4, -0.2) is 24.5 Å². The number of hydrogen-bond acceptors (Lipinski definition) is 2. The lowest BCUT2D eigenvalue weighted by Gasteiger charge is -2.40. The van der Waals surface area contributed by atoms with Crippen LogP contribution in [0.15, 0.2) is 18.2 Å². The highest BCUT2D eigenvalue weighted by molar-refractivity contribution is 5.35. The summed E-state index contributed by atoms with van der Waals surface area (Å²) in [5.74, 6) is 1.24. The molecule has 1 aliphatic heterocycles. The first kappa shape index (κ1) is 13.1. The predicted molar refractivity (Wildman–Crippen MR) is 75.4 cm³/mol. The van der Waals surface area contributed by atoms with Crippen molar-refractivity contribution in [1.29, 1.82) is 0 Å². The molecule has 2 aliphatic rings. The topological polar surface area (TPSA) is 29.3 Å². The normalized spacial score (nSPS) is 31.4. The quantitative estimate of drug-likeness (QED) is 0.888. The highest BCUT2D eigenvalue weighted by Gasteiger charge is 2.33. The zero-order valence-electron chi connectivity index (χ0n) is 11.6. The molecule has 0 bridgehead atoms. The predicted octanol–water partition coefficient (Wildman–Crippen LogP) is 2.73. The highest BCUT2D eigenvalue weighted by Crippen LogP contribution is 2.38. The summed E-state index contributed by atoms with van der Waals surface area (Å²) in [4.78, 5) is 2.57. The first-order chi connectivity index (χ1) is 9.19. The molecule has 0 aromatic heterocycles. The van der Waals surface area contributed by atoms with Gasteiger partial charge in [-0.3, -0.25) is 4.90 Å². The Morgan fingerprint density at radius 2 is 2.21 bits per heavy atom. The Morgan fingerprint density at radius 1 is 1.37 bits per heavy atom. The van der Waals surface area contributed by atoms with E-state index >= 15 is 0 Å². The van der Waals surface area contributed by atoms with Crippen molar-refractivity contribution in [2.24, 2.45) is 17.6 Å². The number of nitrogens with zero attached hydrogens (tertiary/aromatic N) is 1. The lowest BCUT2D eigenvalue weighted by molar-refractivity contribution is 0.0909. The Bertz CT molecular complexity index is 460. The Labute approximate surface area is 114 Å². The average molecular weight is 262 g/mol. The molecule has 1 fully saturated rings. The fourth-order valence-corrected chi connectivity index (χ4v) is 3.71. The molecule has 3 atom stereocenters. The van der Waals surface area contributed by atoms with Crippen LogP contribution >= 0.6 is 0 Å². The van der Waals surface area contributed by atoms with E-state index in [1.165, 1.54) is 17.5 Å². The molecule has 3 unspecified atom stereocenters. The first-order valence-corrected chi connectivity index (χ1v) is 7.41. The van der Waals surface area contributed by atoms with Crippen LogP contribution in [0.4, 0.5) is 4.39 Å². The summed E-state index contributed by atoms with van der Waals surface area (Å²) >= 11 is 0. The van der Waals surface area contributed by atoms with Crippen molar-refractivity contribution in [1.82, 2.24) is 4.90 Å². The highest BCUT2D eigenvalue weighted by atomic mass is 19.1. The summed E-state index contributed by atoms with van der Waals surface area (Å²) < 4.78 is 13.3. The molecule has 1 aliphatic carbocycles. The van der Waals surface area contributed by atoms with Crippen LogP contribution in [0.3, 0.4) is 0 Å². The second-order valence-corrected chi connectivity index (χ2v) is 6.15. The Balaban J connectivity index is 1.78. The lowest BCUT2D eigenvalue weighted by Crippen LogP contribution is -2.43. The van der Waals surface area contributed by atoms with E-state index in [9.17, 15) is 4.39 Å². The molecule has 19 heavy (non-hydrogen) atoms. The van der Waals surface area contributed by atoms with E-state index in [-0.39, 0.29) is 5.82 Å². The van der Waals surface area contributed by atoms with Gasteiger partial charge in [0.2, 0.25) is 0 Å². The third-order valence-electron chi connectivity index (χ3n) is 5.04. The van der Waals surface area contributed by atoms with Gasteiger partial charge in [0.25, 0.3) is 0 Å². The van der Waals surface area contributed by atoms with Crippen LogP contribution in [0.1, 0.15) is 36.9 Å². The number of likely N-dealkylation sites (tertiary alicyclic amines) is 1.